The Morgan fingerprint density at radius 1 is 0.810 bits per heavy atom. The van der Waals surface area contributed by atoms with Crippen LogP contribution in [-0.4, -0.2) is 36.3 Å². The summed E-state index contributed by atoms with van der Waals surface area (Å²) in [6, 6.07) is 0. The molecule has 0 N–H and O–H groups in total. The molecule has 0 aromatic carbocycles. The first kappa shape index (κ1) is 17.7. The van der Waals surface area contributed by atoms with Crippen LogP contribution in [0.25, 0.3) is 0 Å². The van der Waals surface area contributed by atoms with Crippen LogP contribution in [0.1, 0.15) is 58.8 Å². The van der Waals surface area contributed by atoms with Crippen molar-refractivity contribution in [2.45, 2.75) is 58.8 Å². The minimum atomic E-state index is -0.0657. The van der Waals surface area contributed by atoms with Crippen LogP contribution < -0.4 is 0 Å². The molecule has 0 aromatic rings. The molecule has 5 heteroatoms. The van der Waals surface area contributed by atoms with E-state index in [1.54, 1.807) is 0 Å². The molecule has 1 aliphatic heterocycles. The molecule has 1 saturated heterocycles. The Bertz CT molecular complexity index is 420. The molecule has 21 heavy (non-hydrogen) atoms. The zero-order valence-electron chi connectivity index (χ0n) is 12.9. The molecule has 0 amide bonds. The summed E-state index contributed by atoms with van der Waals surface area (Å²) in [6.45, 7) is 4.66. The lowest BCUT2D eigenvalue weighted by molar-refractivity contribution is -0.138. The van der Waals surface area contributed by atoms with Gasteiger partial charge in [-0.15, -0.1) is 0 Å². The summed E-state index contributed by atoms with van der Waals surface area (Å²) in [7, 11) is 0. The van der Waals surface area contributed by atoms with Crippen molar-refractivity contribution in [2.75, 3.05) is 13.2 Å². The molecule has 0 atom stereocenters. The highest BCUT2D eigenvalue weighted by molar-refractivity contribution is 5.90. The van der Waals surface area contributed by atoms with Gasteiger partial charge >= 0.3 is 0 Å². The van der Waals surface area contributed by atoms with Crippen LogP contribution in [0, 0.1) is 5.41 Å². The number of carbonyl (C=O) groups is 4. The monoisotopic (exact) mass is 296 g/mol. The average Bonchev–Trinajstić information content (AvgIpc) is 2.38. The SMILES string of the molecule is CC(=O)CCC(=O)CCC(=O)CCC(=O)CC1(C)COC1. The van der Waals surface area contributed by atoms with Gasteiger partial charge in [-0.2, -0.15) is 0 Å². The first-order valence-corrected chi connectivity index (χ1v) is 7.43. The molecule has 1 fully saturated rings. The van der Waals surface area contributed by atoms with Gasteiger partial charge in [0.2, 0.25) is 0 Å². The highest BCUT2D eigenvalue weighted by Gasteiger charge is 2.35. The van der Waals surface area contributed by atoms with Gasteiger partial charge in [0, 0.05) is 50.4 Å². The van der Waals surface area contributed by atoms with E-state index in [4.69, 9.17) is 4.74 Å². The van der Waals surface area contributed by atoms with Crippen molar-refractivity contribution in [2.24, 2.45) is 5.41 Å². The fraction of sp³-hybridized carbons (Fsp3) is 0.750. The van der Waals surface area contributed by atoms with Crippen molar-refractivity contribution in [3.05, 3.63) is 0 Å². The molecule has 1 aliphatic rings. The first-order chi connectivity index (χ1) is 9.81. The maximum absolute atomic E-state index is 11.8. The Morgan fingerprint density at radius 2 is 1.24 bits per heavy atom. The second kappa shape index (κ2) is 8.17. The third-order valence-electron chi connectivity index (χ3n) is 3.65. The van der Waals surface area contributed by atoms with Gasteiger partial charge in [-0.1, -0.05) is 6.92 Å². The molecule has 0 bridgehead atoms. The van der Waals surface area contributed by atoms with Gasteiger partial charge in [-0.3, -0.25) is 14.4 Å². The predicted molar refractivity (Wildman–Crippen MR) is 76.9 cm³/mol. The van der Waals surface area contributed by atoms with E-state index in [2.05, 4.69) is 0 Å². The fourth-order valence-corrected chi connectivity index (χ4v) is 2.24. The maximum atomic E-state index is 11.8. The van der Waals surface area contributed by atoms with E-state index in [-0.39, 0.29) is 67.1 Å². The molecular weight excluding hydrogens is 272 g/mol. The fourth-order valence-electron chi connectivity index (χ4n) is 2.24. The van der Waals surface area contributed by atoms with E-state index >= 15 is 0 Å². The Morgan fingerprint density at radius 3 is 1.62 bits per heavy atom. The van der Waals surface area contributed by atoms with E-state index in [1.165, 1.54) is 6.92 Å². The summed E-state index contributed by atoms with van der Waals surface area (Å²) >= 11 is 0. The third kappa shape index (κ3) is 7.27. The van der Waals surface area contributed by atoms with Crippen molar-refractivity contribution in [3.63, 3.8) is 0 Å². The lowest BCUT2D eigenvalue weighted by Crippen LogP contribution is -2.41. The van der Waals surface area contributed by atoms with Crippen LogP contribution in [0.2, 0.25) is 0 Å². The van der Waals surface area contributed by atoms with Crippen molar-refractivity contribution in [1.29, 1.82) is 0 Å². The van der Waals surface area contributed by atoms with Gasteiger partial charge in [0.1, 0.15) is 23.1 Å². The van der Waals surface area contributed by atoms with Crippen molar-refractivity contribution in [1.82, 2.24) is 0 Å². The Labute approximate surface area is 125 Å². The highest BCUT2D eigenvalue weighted by atomic mass is 16.5. The van der Waals surface area contributed by atoms with Gasteiger partial charge in [0.05, 0.1) is 13.2 Å². The maximum Gasteiger partial charge on any atom is 0.134 e. The van der Waals surface area contributed by atoms with Crippen LogP contribution in [0.3, 0.4) is 0 Å². The van der Waals surface area contributed by atoms with Crippen molar-refractivity contribution >= 4 is 23.1 Å². The summed E-state index contributed by atoms with van der Waals surface area (Å²) < 4.78 is 5.09. The second-order valence-corrected chi connectivity index (χ2v) is 6.30. The van der Waals surface area contributed by atoms with E-state index in [1.807, 2.05) is 6.92 Å². The van der Waals surface area contributed by atoms with Crippen LogP contribution in [0.5, 0.6) is 0 Å². The summed E-state index contributed by atoms with van der Waals surface area (Å²) in [5.41, 5.74) is -0.0528. The van der Waals surface area contributed by atoms with E-state index < -0.39 is 0 Å². The van der Waals surface area contributed by atoms with Gasteiger partial charge in [-0.25, -0.2) is 0 Å². The van der Waals surface area contributed by atoms with E-state index in [9.17, 15) is 19.2 Å². The zero-order chi connectivity index (χ0) is 15.9. The predicted octanol–water partition coefficient (Wildman–Crippen LogP) is 2.05. The lowest BCUT2D eigenvalue weighted by Gasteiger charge is -2.37. The number of ketones is 4. The van der Waals surface area contributed by atoms with E-state index in [0.717, 1.165) is 0 Å². The normalized spacial score (nSPS) is 16.1. The minimum absolute atomic E-state index is 0.0197. The summed E-state index contributed by atoms with van der Waals surface area (Å²) in [5.74, 6) is -0.0654. The number of rotatable bonds is 11. The molecule has 118 valence electrons. The molecule has 0 aromatic heterocycles. The summed E-state index contributed by atoms with van der Waals surface area (Å²) in [6.07, 6.45) is 1.70. The molecule has 0 radical (unpaired) electrons. The molecule has 0 saturated carbocycles. The van der Waals surface area contributed by atoms with Gasteiger partial charge in [-0.05, 0) is 6.92 Å². The van der Waals surface area contributed by atoms with Gasteiger partial charge in [0.25, 0.3) is 0 Å². The standard InChI is InChI=1S/C16H24O5/c1-12(17)3-4-13(18)5-6-14(19)7-8-15(20)9-16(2)10-21-11-16/h3-11H2,1-2H3. The molecule has 0 aliphatic carbocycles. The summed E-state index contributed by atoms with van der Waals surface area (Å²) in [5, 5.41) is 0. The largest absolute Gasteiger partial charge is 0.380 e. The van der Waals surface area contributed by atoms with Crippen molar-refractivity contribution < 1.29 is 23.9 Å². The second-order valence-electron chi connectivity index (χ2n) is 6.30. The van der Waals surface area contributed by atoms with Crippen LogP contribution in [0.4, 0.5) is 0 Å². The number of hydrogen-bond donors (Lipinski definition) is 0. The van der Waals surface area contributed by atoms with E-state index in [0.29, 0.717) is 19.6 Å². The van der Waals surface area contributed by atoms with Gasteiger partial charge in [0.15, 0.2) is 0 Å². The molecule has 1 heterocycles. The minimum Gasteiger partial charge on any atom is -0.380 e. The Hall–Kier alpha value is -1.36. The smallest absolute Gasteiger partial charge is 0.134 e. The number of carbonyl (C=O) groups excluding carboxylic acids is 4. The lowest BCUT2D eigenvalue weighted by atomic mass is 9.82. The topological polar surface area (TPSA) is 77.5 Å². The molecule has 0 unspecified atom stereocenters. The molecule has 0 spiro atoms. The highest BCUT2D eigenvalue weighted by Crippen LogP contribution is 2.31. The first-order valence-electron chi connectivity index (χ1n) is 7.43. The van der Waals surface area contributed by atoms with Crippen LogP contribution in [0.15, 0.2) is 0 Å². The number of hydrogen-bond acceptors (Lipinski definition) is 5. The van der Waals surface area contributed by atoms with Crippen molar-refractivity contribution in [3.8, 4) is 0 Å². The Kier molecular flexibility index (Phi) is 6.89. The van der Waals surface area contributed by atoms with Gasteiger partial charge < -0.3 is 9.53 Å². The molecular formula is C16H24O5. The third-order valence-corrected chi connectivity index (χ3v) is 3.65. The molecule has 1 rings (SSSR count). The van der Waals surface area contributed by atoms with Crippen LogP contribution in [-0.2, 0) is 23.9 Å². The average molecular weight is 296 g/mol. The molecule has 5 nitrogen and oxygen atoms in total. The summed E-state index contributed by atoms with van der Waals surface area (Å²) in [4.78, 5) is 45.6. The quantitative estimate of drug-likeness (QED) is 0.583. The van der Waals surface area contributed by atoms with Crippen LogP contribution >= 0.6 is 0 Å². The zero-order valence-corrected chi connectivity index (χ0v) is 12.9. The number of ether oxygens (including phenoxy) is 1. The Balaban J connectivity index is 2.11. The number of Topliss-reactive ketones (excluding diaryl/α,β-unsaturated/α-hetero) is 4.